The molecule has 0 amide bonds. The first-order valence-electron chi connectivity index (χ1n) is 4.09. The number of halogens is 3. The van der Waals surface area contributed by atoms with E-state index < -0.39 is 0 Å². The summed E-state index contributed by atoms with van der Waals surface area (Å²) >= 11 is 10.1. The molecule has 0 aromatic heterocycles. The monoisotopic (exact) mass is 382 g/mol. The molecule has 0 saturated heterocycles. The molecule has 0 unspecified atom stereocenters. The molecule has 0 spiro atoms. The predicted octanol–water partition coefficient (Wildman–Crippen LogP) is 3.85. The van der Waals surface area contributed by atoms with E-state index in [0.717, 1.165) is 15.4 Å². The minimum atomic E-state index is 0.192. The molecule has 0 fully saturated rings. The van der Waals surface area contributed by atoms with E-state index in [9.17, 15) is 4.79 Å². The highest BCUT2D eigenvalue weighted by Gasteiger charge is 2.08. The normalized spacial score (nSPS) is 10.2. The van der Waals surface area contributed by atoms with Crippen LogP contribution in [0.4, 0.5) is 0 Å². The van der Waals surface area contributed by atoms with Crippen molar-refractivity contribution in [2.45, 2.75) is 11.8 Å². The highest BCUT2D eigenvalue weighted by molar-refractivity contribution is 9.11. The van der Waals surface area contributed by atoms with E-state index in [0.29, 0.717) is 11.8 Å². The van der Waals surface area contributed by atoms with Crippen LogP contribution in [0.15, 0.2) is 22.7 Å². The zero-order chi connectivity index (χ0) is 10.6. The Morgan fingerprint density at radius 2 is 1.86 bits per heavy atom. The average molecular weight is 385 g/mol. The van der Waals surface area contributed by atoms with Gasteiger partial charge in [0.2, 0.25) is 0 Å². The molecule has 76 valence electrons. The van der Waals surface area contributed by atoms with Crippen LogP contribution in [0.2, 0.25) is 0 Å². The number of carbonyl (C=O) groups excluding carboxylic acids is 1. The predicted molar refractivity (Wildman–Crippen MR) is 69.3 cm³/mol. The van der Waals surface area contributed by atoms with Gasteiger partial charge in [-0.2, -0.15) is 0 Å². The summed E-state index contributed by atoms with van der Waals surface area (Å²) in [6, 6.07) is 5.97. The Morgan fingerprint density at radius 1 is 1.21 bits per heavy atom. The first kappa shape index (κ1) is 12.4. The van der Waals surface area contributed by atoms with Crippen molar-refractivity contribution in [2.75, 3.05) is 5.33 Å². The van der Waals surface area contributed by atoms with Gasteiger partial charge in [-0.15, -0.1) is 0 Å². The summed E-state index contributed by atoms with van der Waals surface area (Å²) in [5.74, 6) is 0.192. The van der Waals surface area contributed by atoms with Gasteiger partial charge in [-0.05, 0) is 11.1 Å². The molecule has 1 aromatic carbocycles. The molecule has 1 nitrogen and oxygen atoms in total. The van der Waals surface area contributed by atoms with Gasteiger partial charge in [0.25, 0.3) is 0 Å². The van der Waals surface area contributed by atoms with E-state index in [-0.39, 0.29) is 5.78 Å². The van der Waals surface area contributed by atoms with Crippen molar-refractivity contribution in [2.24, 2.45) is 0 Å². The standard InChI is InChI=1S/C10H9Br3O/c11-5-8-3-1-2-7(10(8)13)4-9(14)6-12/h1-3H,4-6H2. The molecule has 0 aliphatic rings. The van der Waals surface area contributed by atoms with Crippen molar-refractivity contribution in [3.63, 3.8) is 0 Å². The van der Waals surface area contributed by atoms with Crippen LogP contribution < -0.4 is 0 Å². The van der Waals surface area contributed by atoms with Crippen molar-refractivity contribution in [1.29, 1.82) is 0 Å². The molecule has 0 heterocycles. The molecule has 0 aliphatic carbocycles. The number of hydrogen-bond acceptors (Lipinski definition) is 1. The van der Waals surface area contributed by atoms with E-state index in [1.54, 1.807) is 0 Å². The summed E-state index contributed by atoms with van der Waals surface area (Å²) in [6.45, 7) is 0. The molecule has 0 radical (unpaired) electrons. The third-order valence-corrected chi connectivity index (χ3v) is 4.09. The number of alkyl halides is 2. The highest BCUT2D eigenvalue weighted by Crippen LogP contribution is 2.24. The van der Waals surface area contributed by atoms with E-state index in [1.165, 1.54) is 5.56 Å². The summed E-state index contributed by atoms with van der Waals surface area (Å²) < 4.78 is 1.03. The van der Waals surface area contributed by atoms with Gasteiger partial charge in [0.05, 0.1) is 5.33 Å². The van der Waals surface area contributed by atoms with Gasteiger partial charge in [0.1, 0.15) is 5.78 Å². The van der Waals surface area contributed by atoms with Gasteiger partial charge >= 0.3 is 0 Å². The minimum Gasteiger partial charge on any atom is -0.298 e. The van der Waals surface area contributed by atoms with Crippen molar-refractivity contribution in [3.05, 3.63) is 33.8 Å². The Labute approximate surface area is 109 Å². The third-order valence-electron chi connectivity index (χ3n) is 1.84. The number of rotatable bonds is 4. The van der Waals surface area contributed by atoms with Crippen molar-refractivity contribution in [1.82, 2.24) is 0 Å². The van der Waals surface area contributed by atoms with Gasteiger partial charge in [0.15, 0.2) is 0 Å². The van der Waals surface area contributed by atoms with E-state index in [2.05, 4.69) is 47.8 Å². The minimum absolute atomic E-state index is 0.192. The smallest absolute Gasteiger partial charge is 0.147 e. The van der Waals surface area contributed by atoms with Crippen LogP contribution in [0.25, 0.3) is 0 Å². The second-order valence-electron chi connectivity index (χ2n) is 2.87. The molecular formula is C10H9Br3O. The van der Waals surface area contributed by atoms with Crippen molar-refractivity contribution < 1.29 is 4.79 Å². The summed E-state index contributed by atoms with van der Waals surface area (Å²) in [6.07, 6.45) is 0.479. The highest BCUT2D eigenvalue weighted by atomic mass is 79.9. The Bertz CT molecular complexity index is 336. The maximum absolute atomic E-state index is 11.3. The molecule has 0 saturated carbocycles. The van der Waals surface area contributed by atoms with Crippen LogP contribution in [0.5, 0.6) is 0 Å². The maximum Gasteiger partial charge on any atom is 0.147 e. The number of hydrogen-bond donors (Lipinski definition) is 0. The Morgan fingerprint density at radius 3 is 2.43 bits per heavy atom. The molecule has 1 aromatic rings. The molecule has 0 bridgehead atoms. The van der Waals surface area contributed by atoms with Crippen LogP contribution in [0, 0.1) is 0 Å². The van der Waals surface area contributed by atoms with Crippen LogP contribution in [0.1, 0.15) is 11.1 Å². The Kier molecular flexibility index (Phi) is 5.34. The lowest BCUT2D eigenvalue weighted by Gasteiger charge is -2.06. The summed E-state index contributed by atoms with van der Waals surface area (Å²) in [5.41, 5.74) is 2.22. The molecular weight excluding hydrogens is 376 g/mol. The van der Waals surface area contributed by atoms with Crippen molar-refractivity contribution in [3.8, 4) is 0 Å². The van der Waals surface area contributed by atoms with E-state index >= 15 is 0 Å². The molecule has 0 N–H and O–H groups in total. The summed E-state index contributed by atoms with van der Waals surface area (Å²) in [5, 5.41) is 1.21. The van der Waals surface area contributed by atoms with Gasteiger partial charge in [0, 0.05) is 16.2 Å². The van der Waals surface area contributed by atoms with Gasteiger partial charge < -0.3 is 0 Å². The number of ketones is 1. The molecule has 0 atom stereocenters. The molecule has 0 aliphatic heterocycles. The average Bonchev–Trinajstić information content (AvgIpc) is 2.21. The number of Topliss-reactive ketones (excluding diaryl/α,β-unsaturated/α-hetero) is 1. The zero-order valence-corrected chi connectivity index (χ0v) is 12.2. The molecule has 4 heteroatoms. The third kappa shape index (κ3) is 3.17. The summed E-state index contributed by atoms with van der Waals surface area (Å²) in [4.78, 5) is 11.3. The summed E-state index contributed by atoms with van der Waals surface area (Å²) in [7, 11) is 0. The van der Waals surface area contributed by atoms with E-state index in [1.807, 2.05) is 18.2 Å². The number of carbonyl (C=O) groups is 1. The van der Waals surface area contributed by atoms with Crippen LogP contribution in [-0.2, 0) is 16.5 Å². The largest absolute Gasteiger partial charge is 0.298 e. The van der Waals surface area contributed by atoms with E-state index in [4.69, 9.17) is 0 Å². The molecule has 1 rings (SSSR count). The Hall–Kier alpha value is 0.330. The van der Waals surface area contributed by atoms with Crippen LogP contribution in [0.3, 0.4) is 0 Å². The van der Waals surface area contributed by atoms with Gasteiger partial charge in [-0.1, -0.05) is 66.0 Å². The quantitative estimate of drug-likeness (QED) is 0.721. The second kappa shape index (κ2) is 6.03. The SMILES string of the molecule is O=C(CBr)Cc1cccc(CBr)c1Br. The first-order chi connectivity index (χ1) is 6.69. The second-order valence-corrected chi connectivity index (χ2v) is 4.79. The first-order valence-corrected chi connectivity index (χ1v) is 7.12. The van der Waals surface area contributed by atoms with Crippen LogP contribution in [-0.4, -0.2) is 11.1 Å². The fourth-order valence-corrected chi connectivity index (χ4v) is 2.72. The Balaban J connectivity index is 2.92. The molecule has 14 heavy (non-hydrogen) atoms. The fraction of sp³-hybridized carbons (Fsp3) is 0.300. The lowest BCUT2D eigenvalue weighted by atomic mass is 10.1. The zero-order valence-electron chi connectivity index (χ0n) is 7.40. The van der Waals surface area contributed by atoms with Crippen LogP contribution >= 0.6 is 47.8 Å². The van der Waals surface area contributed by atoms with Crippen molar-refractivity contribution >= 4 is 53.6 Å². The fourth-order valence-electron chi connectivity index (χ4n) is 1.13. The lowest BCUT2D eigenvalue weighted by molar-refractivity contribution is -0.115. The topological polar surface area (TPSA) is 17.1 Å². The van der Waals surface area contributed by atoms with Gasteiger partial charge in [-0.3, -0.25) is 4.79 Å². The lowest BCUT2D eigenvalue weighted by Crippen LogP contribution is -2.04. The maximum atomic E-state index is 11.3. The number of benzene rings is 1. The van der Waals surface area contributed by atoms with Gasteiger partial charge in [-0.25, -0.2) is 0 Å².